The molecule has 4 heteroatoms. The number of hydrogen-bond acceptors (Lipinski definition) is 3. The van der Waals surface area contributed by atoms with Crippen LogP contribution in [-0.4, -0.2) is 10.8 Å². The Bertz CT molecular complexity index is 505. The van der Waals surface area contributed by atoms with E-state index >= 15 is 0 Å². The summed E-state index contributed by atoms with van der Waals surface area (Å²) in [4.78, 5) is 14.6. The van der Waals surface area contributed by atoms with Gasteiger partial charge in [-0.15, -0.1) is 0 Å². The van der Waals surface area contributed by atoms with Crippen LogP contribution in [0, 0.1) is 5.92 Å². The summed E-state index contributed by atoms with van der Waals surface area (Å²) in [5, 5.41) is 4.17. The fraction of sp³-hybridized carbons (Fsp3) is 0.471. The lowest BCUT2D eigenvalue weighted by atomic mass is 10.0. The lowest BCUT2D eigenvalue weighted by Crippen LogP contribution is -2.31. The molecule has 112 valence electrons. The third-order valence-electron chi connectivity index (χ3n) is 4.17. The van der Waals surface area contributed by atoms with Gasteiger partial charge in [0, 0.05) is 13.0 Å². The summed E-state index contributed by atoms with van der Waals surface area (Å²) in [6.07, 6.45) is 7.32. The van der Waals surface area contributed by atoms with E-state index in [0.29, 0.717) is 25.4 Å². The Balaban J connectivity index is 1.66. The summed E-state index contributed by atoms with van der Waals surface area (Å²) >= 11 is 1.67. The minimum absolute atomic E-state index is 0.254. The summed E-state index contributed by atoms with van der Waals surface area (Å²) in [5.41, 5.74) is 1.20. The Kier molecular flexibility index (Phi) is 4.76. The van der Waals surface area contributed by atoms with E-state index in [1.54, 1.807) is 17.6 Å². The first-order valence-electron chi connectivity index (χ1n) is 7.62. The molecule has 1 saturated carbocycles. The van der Waals surface area contributed by atoms with E-state index < -0.39 is 0 Å². The SMILES string of the molecule is O=C(CC1CCCC1)N(Cc1ccsc1)Cc1ccco1. The predicted molar refractivity (Wildman–Crippen MR) is 83.9 cm³/mol. The Morgan fingerprint density at radius 1 is 1.29 bits per heavy atom. The van der Waals surface area contributed by atoms with E-state index in [2.05, 4.69) is 16.8 Å². The molecular formula is C17H21NO2S. The highest BCUT2D eigenvalue weighted by atomic mass is 32.1. The van der Waals surface area contributed by atoms with Crippen LogP contribution in [0.1, 0.15) is 43.4 Å². The zero-order valence-electron chi connectivity index (χ0n) is 12.2. The van der Waals surface area contributed by atoms with Gasteiger partial charge in [0.25, 0.3) is 0 Å². The Morgan fingerprint density at radius 3 is 2.81 bits per heavy atom. The molecule has 3 rings (SSSR count). The number of hydrogen-bond donors (Lipinski definition) is 0. The zero-order chi connectivity index (χ0) is 14.5. The summed E-state index contributed by atoms with van der Waals surface area (Å²) in [5.74, 6) is 1.69. The van der Waals surface area contributed by atoms with Gasteiger partial charge in [0.1, 0.15) is 5.76 Å². The summed E-state index contributed by atoms with van der Waals surface area (Å²) in [6, 6.07) is 5.89. The van der Waals surface area contributed by atoms with Crippen molar-refractivity contribution in [3.63, 3.8) is 0 Å². The van der Waals surface area contributed by atoms with Gasteiger partial charge in [0.15, 0.2) is 0 Å². The second-order valence-electron chi connectivity index (χ2n) is 5.82. The number of nitrogens with zero attached hydrogens (tertiary/aromatic N) is 1. The van der Waals surface area contributed by atoms with Crippen molar-refractivity contribution in [3.8, 4) is 0 Å². The van der Waals surface area contributed by atoms with E-state index in [4.69, 9.17) is 4.42 Å². The summed E-state index contributed by atoms with van der Waals surface area (Å²) in [7, 11) is 0. The molecule has 0 N–H and O–H groups in total. The van der Waals surface area contributed by atoms with Crippen molar-refractivity contribution < 1.29 is 9.21 Å². The Labute approximate surface area is 129 Å². The van der Waals surface area contributed by atoms with Gasteiger partial charge in [-0.1, -0.05) is 12.8 Å². The van der Waals surface area contributed by atoms with Gasteiger partial charge in [-0.25, -0.2) is 0 Å². The quantitative estimate of drug-likeness (QED) is 0.790. The molecule has 1 aliphatic carbocycles. The molecule has 2 heterocycles. The van der Waals surface area contributed by atoms with Crippen molar-refractivity contribution in [2.75, 3.05) is 0 Å². The lowest BCUT2D eigenvalue weighted by molar-refractivity contribution is -0.133. The number of rotatable bonds is 6. The van der Waals surface area contributed by atoms with Crippen LogP contribution in [0.3, 0.4) is 0 Å². The zero-order valence-corrected chi connectivity index (χ0v) is 13.0. The monoisotopic (exact) mass is 303 g/mol. The molecule has 2 aromatic heterocycles. The van der Waals surface area contributed by atoms with Crippen LogP contribution in [0.25, 0.3) is 0 Å². The van der Waals surface area contributed by atoms with Crippen molar-refractivity contribution in [1.82, 2.24) is 4.90 Å². The molecule has 0 saturated heterocycles. The maximum atomic E-state index is 12.6. The average Bonchev–Trinajstić information content (AvgIpc) is 3.21. The van der Waals surface area contributed by atoms with E-state index in [0.717, 1.165) is 5.76 Å². The van der Waals surface area contributed by atoms with E-state index in [1.165, 1.54) is 31.2 Å². The first-order chi connectivity index (χ1) is 10.3. The molecule has 2 aromatic rings. The highest BCUT2D eigenvalue weighted by molar-refractivity contribution is 7.07. The molecule has 3 nitrogen and oxygen atoms in total. The van der Waals surface area contributed by atoms with Gasteiger partial charge < -0.3 is 9.32 Å². The molecule has 1 fully saturated rings. The van der Waals surface area contributed by atoms with Gasteiger partial charge in [-0.3, -0.25) is 4.79 Å². The molecule has 0 aromatic carbocycles. The second-order valence-corrected chi connectivity index (χ2v) is 6.60. The van der Waals surface area contributed by atoms with Crippen LogP contribution in [-0.2, 0) is 17.9 Å². The summed E-state index contributed by atoms with van der Waals surface area (Å²) in [6.45, 7) is 1.24. The number of thiophene rings is 1. The number of furan rings is 1. The largest absolute Gasteiger partial charge is 0.467 e. The van der Waals surface area contributed by atoms with Crippen LogP contribution in [0.5, 0.6) is 0 Å². The molecule has 0 spiro atoms. The van der Waals surface area contributed by atoms with E-state index in [1.807, 2.05) is 17.0 Å². The maximum absolute atomic E-state index is 12.6. The van der Waals surface area contributed by atoms with Crippen molar-refractivity contribution in [2.45, 2.75) is 45.2 Å². The fourth-order valence-corrected chi connectivity index (χ4v) is 3.68. The van der Waals surface area contributed by atoms with Crippen LogP contribution in [0.15, 0.2) is 39.6 Å². The first kappa shape index (κ1) is 14.4. The predicted octanol–water partition coefficient (Wildman–Crippen LogP) is 4.45. The molecule has 0 unspecified atom stereocenters. The minimum Gasteiger partial charge on any atom is -0.467 e. The van der Waals surface area contributed by atoms with Crippen molar-refractivity contribution in [2.24, 2.45) is 5.92 Å². The number of carbonyl (C=O) groups is 1. The van der Waals surface area contributed by atoms with Gasteiger partial charge in [-0.2, -0.15) is 11.3 Å². The van der Waals surface area contributed by atoms with E-state index in [-0.39, 0.29) is 5.91 Å². The minimum atomic E-state index is 0.254. The Hall–Kier alpha value is -1.55. The van der Waals surface area contributed by atoms with Crippen LogP contribution < -0.4 is 0 Å². The molecular weight excluding hydrogens is 282 g/mol. The first-order valence-corrected chi connectivity index (χ1v) is 8.57. The third kappa shape index (κ3) is 3.97. The molecule has 0 bridgehead atoms. The van der Waals surface area contributed by atoms with Gasteiger partial charge >= 0.3 is 0 Å². The van der Waals surface area contributed by atoms with Crippen LogP contribution in [0.2, 0.25) is 0 Å². The smallest absolute Gasteiger partial charge is 0.223 e. The molecule has 0 atom stereocenters. The molecule has 1 aliphatic rings. The summed E-state index contributed by atoms with van der Waals surface area (Å²) < 4.78 is 5.41. The second kappa shape index (κ2) is 6.94. The van der Waals surface area contributed by atoms with Crippen molar-refractivity contribution in [1.29, 1.82) is 0 Å². The van der Waals surface area contributed by atoms with E-state index in [9.17, 15) is 4.79 Å². The standard InChI is InChI=1S/C17H21NO2S/c19-17(10-14-4-1-2-5-14)18(11-15-7-9-21-13-15)12-16-6-3-8-20-16/h3,6-9,13-14H,1-2,4-5,10-12H2. The molecule has 1 amide bonds. The van der Waals surface area contributed by atoms with Crippen LogP contribution >= 0.6 is 11.3 Å². The highest BCUT2D eigenvalue weighted by Crippen LogP contribution is 2.28. The van der Waals surface area contributed by atoms with Crippen molar-refractivity contribution >= 4 is 17.2 Å². The Morgan fingerprint density at radius 2 is 2.14 bits per heavy atom. The molecule has 0 radical (unpaired) electrons. The van der Waals surface area contributed by atoms with Crippen molar-refractivity contribution in [3.05, 3.63) is 46.5 Å². The molecule has 21 heavy (non-hydrogen) atoms. The number of amides is 1. The third-order valence-corrected chi connectivity index (χ3v) is 4.90. The van der Waals surface area contributed by atoms with Gasteiger partial charge in [0.2, 0.25) is 5.91 Å². The molecule has 0 aliphatic heterocycles. The fourth-order valence-electron chi connectivity index (χ4n) is 3.02. The average molecular weight is 303 g/mol. The van der Waals surface area contributed by atoms with Crippen LogP contribution in [0.4, 0.5) is 0 Å². The lowest BCUT2D eigenvalue weighted by Gasteiger charge is -2.23. The highest BCUT2D eigenvalue weighted by Gasteiger charge is 2.23. The maximum Gasteiger partial charge on any atom is 0.223 e. The normalized spacial score (nSPS) is 15.4. The van der Waals surface area contributed by atoms with Gasteiger partial charge in [0.05, 0.1) is 12.8 Å². The van der Waals surface area contributed by atoms with Gasteiger partial charge in [-0.05, 0) is 53.3 Å². The number of carbonyl (C=O) groups excluding carboxylic acids is 1. The topological polar surface area (TPSA) is 33.5 Å².